The van der Waals surface area contributed by atoms with Gasteiger partial charge in [-0.3, -0.25) is 9.52 Å². The van der Waals surface area contributed by atoms with Crippen molar-refractivity contribution in [1.29, 1.82) is 0 Å². The predicted octanol–water partition coefficient (Wildman–Crippen LogP) is 5.15. The van der Waals surface area contributed by atoms with E-state index < -0.39 is 29.9 Å². The first-order valence-electron chi connectivity index (χ1n) is 10.8. The zero-order chi connectivity index (χ0) is 22.0. The molecule has 31 heavy (non-hydrogen) atoms. The number of hydrogen-bond donors (Lipinski definition) is 1. The Morgan fingerprint density at radius 3 is 2.68 bits per heavy atom. The lowest BCUT2D eigenvalue weighted by molar-refractivity contribution is -0.133. The van der Waals surface area contributed by atoms with E-state index >= 15 is 4.39 Å². The van der Waals surface area contributed by atoms with Gasteiger partial charge in [-0.15, -0.1) is 0 Å². The van der Waals surface area contributed by atoms with Crippen LogP contribution < -0.4 is 4.72 Å². The van der Waals surface area contributed by atoms with E-state index in [1.54, 1.807) is 35.2 Å². The highest BCUT2D eigenvalue weighted by Gasteiger charge is 2.47. The van der Waals surface area contributed by atoms with Crippen molar-refractivity contribution in [2.24, 2.45) is 5.92 Å². The molecule has 1 heterocycles. The van der Waals surface area contributed by atoms with Gasteiger partial charge in [-0.2, -0.15) is 0 Å². The van der Waals surface area contributed by atoms with Crippen LogP contribution in [0.2, 0.25) is 0 Å². The van der Waals surface area contributed by atoms with Crippen molar-refractivity contribution in [3.63, 3.8) is 0 Å². The molecule has 2 aromatic carbocycles. The number of halogens is 3. The summed E-state index contributed by atoms with van der Waals surface area (Å²) in [6.07, 6.45) is 1.63. The molecule has 7 heteroatoms. The lowest BCUT2D eigenvalue weighted by Gasteiger charge is -2.29. The number of alkyl halides is 1. The summed E-state index contributed by atoms with van der Waals surface area (Å²) in [6, 6.07) is 9.79. The summed E-state index contributed by atoms with van der Waals surface area (Å²) in [4.78, 5) is 14.4. The summed E-state index contributed by atoms with van der Waals surface area (Å²) in [5, 5.41) is 0. The summed E-state index contributed by atoms with van der Waals surface area (Å²) in [7, 11) is 0. The molecule has 3 nitrogen and oxygen atoms in total. The number of amides is 1. The van der Waals surface area contributed by atoms with Crippen LogP contribution in [0.5, 0.6) is 0 Å². The Kier molecular flexibility index (Phi) is 6.92. The Labute approximate surface area is 185 Å². The summed E-state index contributed by atoms with van der Waals surface area (Å²) in [5.74, 6) is -0.110. The first-order valence-corrected chi connectivity index (χ1v) is 11.8. The van der Waals surface area contributed by atoms with Gasteiger partial charge in [0.1, 0.15) is 17.8 Å². The molecule has 1 N–H and O–H groups in total. The fraction of sp³-hybridized carbons (Fsp3) is 0.458. The highest BCUT2D eigenvalue weighted by molar-refractivity contribution is 7.97. The van der Waals surface area contributed by atoms with Crippen molar-refractivity contribution < 1.29 is 18.0 Å². The quantitative estimate of drug-likeness (QED) is 0.448. The third-order valence-corrected chi connectivity index (χ3v) is 7.01. The second-order valence-corrected chi connectivity index (χ2v) is 9.27. The molecule has 1 amide bonds. The molecule has 166 valence electrons. The molecular formula is C24H27F3N2OS. The van der Waals surface area contributed by atoms with Crippen LogP contribution >= 0.6 is 11.9 Å². The number of hydrogen-bond acceptors (Lipinski definition) is 3. The minimum absolute atomic E-state index is 0.0276. The average Bonchev–Trinajstić information content (AvgIpc) is 3.55. The van der Waals surface area contributed by atoms with E-state index in [0.29, 0.717) is 16.7 Å². The van der Waals surface area contributed by atoms with Crippen molar-refractivity contribution in [2.45, 2.75) is 50.9 Å². The number of carbonyl (C=O) groups excluding carboxylic acids is 1. The van der Waals surface area contributed by atoms with Gasteiger partial charge in [-0.05, 0) is 48.9 Å². The van der Waals surface area contributed by atoms with Crippen molar-refractivity contribution in [1.82, 2.24) is 9.62 Å². The van der Waals surface area contributed by atoms with Gasteiger partial charge in [-0.1, -0.05) is 49.2 Å². The highest BCUT2D eigenvalue weighted by Crippen LogP contribution is 2.36. The normalized spacial score (nSPS) is 23.4. The second-order valence-electron chi connectivity index (χ2n) is 8.33. The number of nitrogens with zero attached hydrogens (tertiary/aromatic N) is 1. The van der Waals surface area contributed by atoms with Crippen LogP contribution in [0.25, 0.3) is 11.1 Å². The van der Waals surface area contributed by atoms with Crippen molar-refractivity contribution in [3.05, 3.63) is 59.7 Å². The highest BCUT2D eigenvalue weighted by atomic mass is 32.2. The molecule has 4 rings (SSSR count). The molecule has 3 unspecified atom stereocenters. The van der Waals surface area contributed by atoms with Gasteiger partial charge in [0.2, 0.25) is 5.91 Å². The largest absolute Gasteiger partial charge is 0.334 e. The van der Waals surface area contributed by atoms with Gasteiger partial charge >= 0.3 is 0 Å². The molecule has 2 fully saturated rings. The number of nitrogens with one attached hydrogen (secondary N) is 1. The first kappa shape index (κ1) is 22.2. The zero-order valence-corrected chi connectivity index (χ0v) is 18.3. The minimum Gasteiger partial charge on any atom is -0.334 e. The SMILES string of the molecule is CCCSNC1C(F)CN(C(=O)C2CC2)C1Cc1cccc(-c2cccc(F)c2)c1F. The predicted molar refractivity (Wildman–Crippen MR) is 118 cm³/mol. The summed E-state index contributed by atoms with van der Waals surface area (Å²) >= 11 is 1.45. The number of carbonyl (C=O) groups is 1. The van der Waals surface area contributed by atoms with E-state index in [-0.39, 0.29) is 24.8 Å². The fourth-order valence-electron chi connectivity index (χ4n) is 4.18. The Bertz CT molecular complexity index is 937. The Balaban J connectivity index is 1.62. The molecule has 1 saturated heterocycles. The maximum absolute atomic E-state index is 15.4. The van der Waals surface area contributed by atoms with Crippen LogP contribution in [0, 0.1) is 17.6 Å². The maximum Gasteiger partial charge on any atom is 0.226 e. The minimum atomic E-state index is -1.20. The Morgan fingerprint density at radius 2 is 1.97 bits per heavy atom. The number of likely N-dealkylation sites (tertiary alicyclic amines) is 1. The number of rotatable bonds is 8. The molecule has 0 aromatic heterocycles. The van der Waals surface area contributed by atoms with E-state index in [0.717, 1.165) is 25.0 Å². The molecule has 2 aliphatic rings. The molecule has 1 aliphatic heterocycles. The van der Waals surface area contributed by atoms with Gasteiger partial charge in [-0.25, -0.2) is 13.2 Å². The molecular weight excluding hydrogens is 421 g/mol. The Morgan fingerprint density at radius 1 is 1.19 bits per heavy atom. The fourth-order valence-corrected chi connectivity index (χ4v) is 5.00. The van der Waals surface area contributed by atoms with Crippen LogP contribution in [-0.4, -0.2) is 41.4 Å². The summed E-state index contributed by atoms with van der Waals surface area (Å²) in [5.41, 5.74) is 1.16. The lowest BCUT2D eigenvalue weighted by Crippen LogP contribution is -2.46. The molecule has 0 spiro atoms. The van der Waals surface area contributed by atoms with Gasteiger partial charge in [0.25, 0.3) is 0 Å². The van der Waals surface area contributed by atoms with Crippen molar-refractivity contribution in [2.75, 3.05) is 12.3 Å². The number of benzene rings is 2. The van der Waals surface area contributed by atoms with Crippen LogP contribution in [-0.2, 0) is 11.2 Å². The average molecular weight is 449 g/mol. The third-order valence-electron chi connectivity index (χ3n) is 5.95. The lowest BCUT2D eigenvalue weighted by atomic mass is 9.95. The van der Waals surface area contributed by atoms with Gasteiger partial charge < -0.3 is 4.90 Å². The van der Waals surface area contributed by atoms with E-state index in [4.69, 9.17) is 0 Å². The maximum atomic E-state index is 15.4. The van der Waals surface area contributed by atoms with Gasteiger partial charge in [0.05, 0.1) is 18.6 Å². The topological polar surface area (TPSA) is 32.3 Å². The van der Waals surface area contributed by atoms with E-state index in [1.165, 1.54) is 24.1 Å². The monoisotopic (exact) mass is 448 g/mol. The van der Waals surface area contributed by atoms with Crippen molar-refractivity contribution in [3.8, 4) is 11.1 Å². The van der Waals surface area contributed by atoms with Gasteiger partial charge in [0.15, 0.2) is 0 Å². The second kappa shape index (κ2) is 9.65. The molecule has 2 aromatic rings. The first-order chi connectivity index (χ1) is 15.0. The van der Waals surface area contributed by atoms with Gasteiger partial charge in [0, 0.05) is 17.2 Å². The van der Waals surface area contributed by atoms with Crippen molar-refractivity contribution >= 4 is 17.9 Å². The molecule has 0 radical (unpaired) electrons. The summed E-state index contributed by atoms with van der Waals surface area (Å²) < 4.78 is 47.2. The van der Waals surface area contributed by atoms with Crippen LogP contribution in [0.4, 0.5) is 13.2 Å². The van der Waals surface area contributed by atoms with E-state index in [9.17, 15) is 13.6 Å². The van der Waals surface area contributed by atoms with Crippen LogP contribution in [0.15, 0.2) is 42.5 Å². The van der Waals surface area contributed by atoms with Crippen LogP contribution in [0.1, 0.15) is 31.7 Å². The van der Waals surface area contributed by atoms with E-state index in [1.807, 2.05) is 6.92 Å². The molecule has 1 aliphatic carbocycles. The summed E-state index contributed by atoms with van der Waals surface area (Å²) in [6.45, 7) is 2.08. The zero-order valence-electron chi connectivity index (χ0n) is 17.5. The third kappa shape index (κ3) is 4.93. The standard InChI is InChI=1S/C24H27F3N2OS/c1-2-11-31-28-23-20(26)14-29(24(30)15-9-10-15)21(23)13-17-6-4-8-19(22(17)27)16-5-3-7-18(25)12-16/h3-8,12,15,20-21,23,28H,2,9-11,13-14H2,1H3. The van der Waals surface area contributed by atoms with E-state index in [2.05, 4.69) is 4.72 Å². The molecule has 0 bridgehead atoms. The molecule has 1 saturated carbocycles. The smallest absolute Gasteiger partial charge is 0.226 e. The Hall–Kier alpha value is -1.99. The van der Waals surface area contributed by atoms with Crippen LogP contribution in [0.3, 0.4) is 0 Å². The molecule has 3 atom stereocenters.